The van der Waals surface area contributed by atoms with Gasteiger partial charge in [0.25, 0.3) is 0 Å². The number of ether oxygens (including phenoxy) is 1. The number of esters is 1. The van der Waals surface area contributed by atoms with Crippen molar-refractivity contribution in [3.8, 4) is 0 Å². The van der Waals surface area contributed by atoms with Crippen molar-refractivity contribution in [1.82, 2.24) is 5.32 Å². The summed E-state index contributed by atoms with van der Waals surface area (Å²) in [7, 11) is 0.334. The summed E-state index contributed by atoms with van der Waals surface area (Å²) in [5.74, 6) is 0.483. The maximum absolute atomic E-state index is 12.0. The minimum atomic E-state index is -1.02. The zero-order valence-electron chi connectivity index (χ0n) is 11.7. The van der Waals surface area contributed by atoms with Gasteiger partial charge in [-0.2, -0.15) is 0 Å². The average Bonchev–Trinajstić information content (AvgIpc) is 2.53. The number of methoxy groups -OCH3 is 1. The highest BCUT2D eigenvalue weighted by Gasteiger charge is 2.31. The molecule has 0 amide bonds. The van der Waals surface area contributed by atoms with E-state index in [0.717, 1.165) is 10.9 Å². The van der Waals surface area contributed by atoms with Crippen LogP contribution in [0.2, 0.25) is 0 Å². The molecule has 3 atom stereocenters. The van der Waals surface area contributed by atoms with Gasteiger partial charge >= 0.3 is 5.97 Å². The maximum Gasteiger partial charge on any atom is 0.323 e. The molecule has 3 unspecified atom stereocenters. The summed E-state index contributed by atoms with van der Waals surface area (Å²) in [4.78, 5) is 11.7. The van der Waals surface area contributed by atoms with E-state index in [4.69, 9.17) is 4.74 Å². The monoisotopic (exact) mass is 303 g/mol. The number of carbonyl (C=O) groups is 1. The Morgan fingerprint density at radius 1 is 1.19 bits per heavy atom. The summed E-state index contributed by atoms with van der Waals surface area (Å²) in [6.07, 6.45) is 0. The molecule has 0 spiro atoms. The van der Waals surface area contributed by atoms with Crippen LogP contribution in [0.4, 0.5) is 0 Å². The minimum absolute atomic E-state index is 0.0895. The molecule has 1 fully saturated rings. The van der Waals surface area contributed by atoms with Gasteiger partial charge in [-0.15, -0.1) is 0 Å². The molecule has 1 heterocycles. The molecule has 0 radical (unpaired) electrons. The van der Waals surface area contributed by atoms with Crippen molar-refractivity contribution >= 4 is 27.5 Å². The molecular weight excluding hydrogens is 286 g/mol. The Kier molecular flexibility index (Phi) is 4.03. The second-order valence-electron chi connectivity index (χ2n) is 5.17. The van der Waals surface area contributed by atoms with Gasteiger partial charge in [0.2, 0.25) is 0 Å². The van der Waals surface area contributed by atoms with E-state index in [1.54, 1.807) is 0 Å². The number of benzene rings is 2. The van der Waals surface area contributed by atoms with Crippen LogP contribution in [0.15, 0.2) is 42.5 Å². The predicted molar refractivity (Wildman–Crippen MR) is 83.5 cm³/mol. The lowest BCUT2D eigenvalue weighted by Gasteiger charge is -2.29. The van der Waals surface area contributed by atoms with Crippen LogP contribution >= 0.6 is 0 Å². The number of fused-ring (bicyclic) bond motifs is 1. The summed E-state index contributed by atoms with van der Waals surface area (Å²) < 4.78 is 16.8. The highest BCUT2D eigenvalue weighted by molar-refractivity contribution is 7.85. The third kappa shape index (κ3) is 2.99. The molecule has 4 nitrogen and oxygen atoms in total. The molecule has 3 rings (SSSR count). The standard InChI is InChI=1S/C16H17NO3S/c1-20-16(18)15-10-21(19)9-14(17-15)13-7-6-11-4-2-3-5-12(11)8-13/h2-8,14-15,17H,9-10H2,1H3. The second kappa shape index (κ2) is 5.95. The average molecular weight is 303 g/mol. The highest BCUT2D eigenvalue weighted by atomic mass is 32.2. The third-order valence-electron chi connectivity index (χ3n) is 3.77. The van der Waals surface area contributed by atoms with Gasteiger partial charge in [0, 0.05) is 28.3 Å². The van der Waals surface area contributed by atoms with Crippen molar-refractivity contribution in [3.05, 3.63) is 48.0 Å². The Hall–Kier alpha value is -1.72. The van der Waals surface area contributed by atoms with E-state index < -0.39 is 16.8 Å². The number of carbonyl (C=O) groups excluding carboxylic acids is 1. The van der Waals surface area contributed by atoms with Crippen molar-refractivity contribution in [2.24, 2.45) is 0 Å². The van der Waals surface area contributed by atoms with Gasteiger partial charge in [0.1, 0.15) is 6.04 Å². The van der Waals surface area contributed by atoms with Gasteiger partial charge in [0.05, 0.1) is 7.11 Å². The fourth-order valence-corrected chi connectivity index (χ4v) is 4.07. The number of nitrogens with one attached hydrogen (secondary N) is 1. The van der Waals surface area contributed by atoms with Crippen LogP contribution in [0, 0.1) is 0 Å². The molecule has 0 aromatic heterocycles. The molecule has 2 aromatic rings. The summed E-state index contributed by atoms with van der Waals surface area (Å²) in [6.45, 7) is 0. The second-order valence-corrected chi connectivity index (χ2v) is 6.72. The molecule has 0 bridgehead atoms. The van der Waals surface area contributed by atoms with E-state index in [2.05, 4.69) is 29.6 Å². The highest BCUT2D eigenvalue weighted by Crippen LogP contribution is 2.24. The molecule has 0 saturated carbocycles. The Labute approximate surface area is 125 Å². The first-order valence-electron chi connectivity index (χ1n) is 6.85. The van der Waals surface area contributed by atoms with Crippen LogP contribution in [0.25, 0.3) is 10.8 Å². The van der Waals surface area contributed by atoms with Crippen molar-refractivity contribution in [3.63, 3.8) is 0 Å². The molecule has 1 N–H and O–H groups in total. The van der Waals surface area contributed by atoms with Gasteiger partial charge in [0.15, 0.2) is 0 Å². The lowest BCUT2D eigenvalue weighted by atomic mass is 10.0. The zero-order valence-corrected chi connectivity index (χ0v) is 12.6. The van der Waals surface area contributed by atoms with Gasteiger partial charge in [-0.3, -0.25) is 14.3 Å². The van der Waals surface area contributed by atoms with Gasteiger partial charge in [-0.05, 0) is 22.4 Å². The van der Waals surface area contributed by atoms with E-state index in [-0.39, 0.29) is 12.0 Å². The third-order valence-corrected chi connectivity index (χ3v) is 5.18. The van der Waals surface area contributed by atoms with Crippen LogP contribution in [-0.2, 0) is 20.3 Å². The van der Waals surface area contributed by atoms with Crippen molar-refractivity contribution < 1.29 is 13.7 Å². The molecule has 5 heteroatoms. The smallest absolute Gasteiger partial charge is 0.323 e. The fourth-order valence-electron chi connectivity index (χ4n) is 2.67. The van der Waals surface area contributed by atoms with Crippen molar-refractivity contribution in [1.29, 1.82) is 0 Å². The van der Waals surface area contributed by atoms with E-state index in [1.807, 2.05) is 18.2 Å². The Balaban J connectivity index is 1.89. The maximum atomic E-state index is 12.0. The minimum Gasteiger partial charge on any atom is -0.468 e. The summed E-state index contributed by atoms with van der Waals surface area (Å²) >= 11 is 0. The predicted octanol–water partition coefficient (Wildman–Crippen LogP) is 1.77. The van der Waals surface area contributed by atoms with Gasteiger partial charge in [-0.1, -0.05) is 36.4 Å². The number of hydrogen-bond acceptors (Lipinski definition) is 4. The number of hydrogen-bond donors (Lipinski definition) is 1. The summed E-state index contributed by atoms with van der Waals surface area (Å²) in [5.41, 5.74) is 1.05. The molecule has 1 aliphatic rings. The normalized spacial score (nSPS) is 25.7. The van der Waals surface area contributed by atoms with Crippen LogP contribution in [0.3, 0.4) is 0 Å². The first kappa shape index (κ1) is 14.2. The molecule has 21 heavy (non-hydrogen) atoms. The topological polar surface area (TPSA) is 55.4 Å². The fraction of sp³-hybridized carbons (Fsp3) is 0.312. The molecule has 2 aromatic carbocycles. The molecular formula is C16H17NO3S. The van der Waals surface area contributed by atoms with E-state index in [9.17, 15) is 9.00 Å². The first-order chi connectivity index (χ1) is 10.2. The van der Waals surface area contributed by atoms with E-state index in [0.29, 0.717) is 11.5 Å². The largest absolute Gasteiger partial charge is 0.468 e. The lowest BCUT2D eigenvalue weighted by molar-refractivity contribution is -0.142. The quantitative estimate of drug-likeness (QED) is 0.859. The van der Waals surface area contributed by atoms with Crippen LogP contribution in [0.1, 0.15) is 11.6 Å². The van der Waals surface area contributed by atoms with Gasteiger partial charge in [-0.25, -0.2) is 0 Å². The van der Waals surface area contributed by atoms with E-state index in [1.165, 1.54) is 12.5 Å². The van der Waals surface area contributed by atoms with E-state index >= 15 is 0 Å². The van der Waals surface area contributed by atoms with Crippen LogP contribution in [-0.4, -0.2) is 34.8 Å². The van der Waals surface area contributed by atoms with Crippen molar-refractivity contribution in [2.75, 3.05) is 18.6 Å². The summed E-state index contributed by atoms with van der Waals surface area (Å²) in [6, 6.07) is 13.7. The molecule has 0 aliphatic carbocycles. The SMILES string of the molecule is COC(=O)C1CS(=O)CC(c2ccc3ccccc3c2)N1. The molecule has 110 valence electrons. The Morgan fingerprint density at radius 2 is 1.95 bits per heavy atom. The Morgan fingerprint density at radius 3 is 2.71 bits per heavy atom. The van der Waals surface area contributed by atoms with Crippen molar-refractivity contribution in [2.45, 2.75) is 12.1 Å². The lowest BCUT2D eigenvalue weighted by Crippen LogP contribution is -2.49. The van der Waals surface area contributed by atoms with Crippen LogP contribution in [0.5, 0.6) is 0 Å². The summed E-state index contributed by atoms with van der Waals surface area (Å²) in [5, 5.41) is 5.56. The molecule has 1 aliphatic heterocycles. The zero-order chi connectivity index (χ0) is 14.8. The molecule has 1 saturated heterocycles. The van der Waals surface area contributed by atoms with Crippen LogP contribution < -0.4 is 5.32 Å². The Bertz CT molecular complexity index is 701. The first-order valence-corrected chi connectivity index (χ1v) is 8.34. The number of rotatable bonds is 2. The van der Waals surface area contributed by atoms with Gasteiger partial charge < -0.3 is 4.74 Å².